The molecule has 0 spiro atoms. The highest BCUT2D eigenvalue weighted by atomic mass is 15.3. The van der Waals surface area contributed by atoms with Gasteiger partial charge in [-0.3, -0.25) is 0 Å². The van der Waals surface area contributed by atoms with Gasteiger partial charge in [-0.05, 0) is 49.7 Å². The molecular formula is C21H30N4. The molecule has 1 N–H and O–H groups in total. The third-order valence-electron chi connectivity index (χ3n) is 5.03. The maximum atomic E-state index is 4.84. The molecule has 0 radical (unpaired) electrons. The first-order valence-corrected chi connectivity index (χ1v) is 9.59. The molecule has 4 nitrogen and oxygen atoms in total. The van der Waals surface area contributed by atoms with Gasteiger partial charge in [0, 0.05) is 30.5 Å². The van der Waals surface area contributed by atoms with Crippen LogP contribution in [0, 0.1) is 12.8 Å². The van der Waals surface area contributed by atoms with Crippen molar-refractivity contribution >= 4 is 17.5 Å². The van der Waals surface area contributed by atoms with Crippen molar-refractivity contribution in [3.05, 3.63) is 41.1 Å². The smallest absolute Gasteiger partial charge is 0.227 e. The molecule has 3 rings (SSSR count). The number of nitrogens with zero attached hydrogens (tertiary/aromatic N) is 3. The number of para-hydroxylation sites is 1. The number of aromatic nitrogens is 2. The van der Waals surface area contributed by atoms with E-state index in [1.165, 1.54) is 29.7 Å². The molecule has 1 aliphatic rings. The molecule has 0 amide bonds. The second-order valence-electron chi connectivity index (χ2n) is 7.17. The average Bonchev–Trinajstić information content (AvgIpc) is 2.61. The molecule has 25 heavy (non-hydrogen) atoms. The minimum absolute atomic E-state index is 0.710. The first-order chi connectivity index (χ1) is 12.1. The summed E-state index contributed by atoms with van der Waals surface area (Å²) in [7, 11) is 0. The minimum Gasteiger partial charge on any atom is -0.340 e. The monoisotopic (exact) mass is 338 g/mol. The molecule has 1 aromatic carbocycles. The summed E-state index contributed by atoms with van der Waals surface area (Å²) in [4.78, 5) is 11.9. The molecule has 0 aliphatic carbocycles. The Hall–Kier alpha value is -2.10. The van der Waals surface area contributed by atoms with Crippen LogP contribution in [0.4, 0.5) is 17.5 Å². The molecule has 4 heteroatoms. The van der Waals surface area contributed by atoms with E-state index in [-0.39, 0.29) is 0 Å². The molecule has 1 atom stereocenters. The summed E-state index contributed by atoms with van der Waals surface area (Å²) >= 11 is 0. The standard InChI is InChI=1S/C21H30N4/c1-5-17-10-7-11-18(6-2)20(17)23-19-13-16(4)22-21(24-19)25-12-8-9-15(3)14-25/h7,10-11,13,15H,5-6,8-9,12,14H2,1-4H3,(H,22,23,24). The van der Waals surface area contributed by atoms with E-state index in [2.05, 4.69) is 56.1 Å². The molecule has 1 fully saturated rings. The van der Waals surface area contributed by atoms with E-state index in [0.717, 1.165) is 43.4 Å². The average molecular weight is 338 g/mol. The topological polar surface area (TPSA) is 41.1 Å². The van der Waals surface area contributed by atoms with E-state index in [4.69, 9.17) is 9.97 Å². The number of hydrogen-bond acceptors (Lipinski definition) is 4. The van der Waals surface area contributed by atoms with Gasteiger partial charge in [-0.1, -0.05) is 39.0 Å². The number of benzene rings is 1. The zero-order chi connectivity index (χ0) is 17.8. The van der Waals surface area contributed by atoms with Gasteiger partial charge in [-0.15, -0.1) is 0 Å². The molecule has 2 aromatic rings. The number of nitrogens with one attached hydrogen (secondary N) is 1. The summed E-state index contributed by atoms with van der Waals surface area (Å²) < 4.78 is 0. The third kappa shape index (κ3) is 4.12. The van der Waals surface area contributed by atoms with Crippen molar-refractivity contribution in [2.75, 3.05) is 23.3 Å². The van der Waals surface area contributed by atoms with Crippen LogP contribution in [0.1, 0.15) is 50.4 Å². The molecule has 1 aromatic heterocycles. The van der Waals surface area contributed by atoms with Gasteiger partial charge in [-0.2, -0.15) is 4.98 Å². The van der Waals surface area contributed by atoms with Crippen molar-refractivity contribution < 1.29 is 0 Å². The highest BCUT2D eigenvalue weighted by molar-refractivity contribution is 5.66. The Labute approximate surface area is 151 Å². The van der Waals surface area contributed by atoms with E-state index in [0.29, 0.717) is 5.92 Å². The van der Waals surface area contributed by atoms with Crippen LogP contribution in [-0.2, 0) is 12.8 Å². The van der Waals surface area contributed by atoms with Crippen LogP contribution < -0.4 is 10.2 Å². The maximum absolute atomic E-state index is 4.84. The summed E-state index contributed by atoms with van der Waals surface area (Å²) in [5.74, 6) is 2.47. The van der Waals surface area contributed by atoms with Crippen molar-refractivity contribution in [3.63, 3.8) is 0 Å². The van der Waals surface area contributed by atoms with Gasteiger partial charge >= 0.3 is 0 Å². The quantitative estimate of drug-likeness (QED) is 0.843. The fraction of sp³-hybridized carbons (Fsp3) is 0.524. The molecular weight excluding hydrogens is 308 g/mol. The lowest BCUT2D eigenvalue weighted by molar-refractivity contribution is 0.442. The molecule has 134 valence electrons. The van der Waals surface area contributed by atoms with Gasteiger partial charge in [-0.25, -0.2) is 4.98 Å². The summed E-state index contributed by atoms with van der Waals surface area (Å²) in [5.41, 5.74) is 4.90. The number of aryl methyl sites for hydroxylation is 3. The predicted molar refractivity (Wildman–Crippen MR) is 106 cm³/mol. The van der Waals surface area contributed by atoms with Crippen LogP contribution in [0.15, 0.2) is 24.3 Å². The van der Waals surface area contributed by atoms with Crippen LogP contribution in [0.2, 0.25) is 0 Å². The first-order valence-electron chi connectivity index (χ1n) is 9.59. The van der Waals surface area contributed by atoms with Crippen LogP contribution >= 0.6 is 0 Å². The number of anilines is 3. The summed E-state index contributed by atoms with van der Waals surface area (Å²) in [6, 6.07) is 8.59. The minimum atomic E-state index is 0.710. The molecule has 2 heterocycles. The van der Waals surface area contributed by atoms with Gasteiger partial charge in [0.25, 0.3) is 0 Å². The number of piperidine rings is 1. The second kappa shape index (κ2) is 7.85. The van der Waals surface area contributed by atoms with Crippen molar-refractivity contribution in [3.8, 4) is 0 Å². The lowest BCUT2D eigenvalue weighted by Gasteiger charge is -2.31. The molecule has 0 saturated carbocycles. The molecule has 0 bridgehead atoms. The highest BCUT2D eigenvalue weighted by Crippen LogP contribution is 2.27. The fourth-order valence-corrected chi connectivity index (χ4v) is 3.66. The summed E-state index contributed by atoms with van der Waals surface area (Å²) in [6.45, 7) is 10.9. The van der Waals surface area contributed by atoms with Gasteiger partial charge in [0.15, 0.2) is 0 Å². The normalized spacial score (nSPS) is 17.6. The van der Waals surface area contributed by atoms with Crippen LogP contribution in [0.25, 0.3) is 0 Å². The predicted octanol–water partition coefficient (Wildman–Crippen LogP) is 4.89. The first kappa shape index (κ1) is 17.7. The Balaban J connectivity index is 1.91. The van der Waals surface area contributed by atoms with Crippen molar-refractivity contribution in [2.45, 2.75) is 53.4 Å². The molecule has 1 saturated heterocycles. The van der Waals surface area contributed by atoms with E-state index in [1.54, 1.807) is 0 Å². The SMILES string of the molecule is CCc1cccc(CC)c1Nc1cc(C)nc(N2CCCC(C)C2)n1. The molecule has 1 aliphatic heterocycles. The number of rotatable bonds is 5. The Morgan fingerprint density at radius 2 is 1.88 bits per heavy atom. The lowest BCUT2D eigenvalue weighted by Crippen LogP contribution is -2.35. The van der Waals surface area contributed by atoms with E-state index < -0.39 is 0 Å². The fourth-order valence-electron chi connectivity index (χ4n) is 3.66. The zero-order valence-corrected chi connectivity index (χ0v) is 16.0. The Morgan fingerprint density at radius 1 is 1.16 bits per heavy atom. The summed E-state index contributed by atoms with van der Waals surface area (Å²) in [5, 5.41) is 3.60. The Kier molecular flexibility index (Phi) is 5.57. The van der Waals surface area contributed by atoms with Crippen molar-refractivity contribution in [1.82, 2.24) is 9.97 Å². The van der Waals surface area contributed by atoms with Gasteiger partial charge in [0.2, 0.25) is 5.95 Å². The number of hydrogen-bond donors (Lipinski definition) is 1. The largest absolute Gasteiger partial charge is 0.340 e. The van der Waals surface area contributed by atoms with E-state index >= 15 is 0 Å². The molecule has 1 unspecified atom stereocenters. The zero-order valence-electron chi connectivity index (χ0n) is 16.0. The van der Waals surface area contributed by atoms with Gasteiger partial charge in [0.1, 0.15) is 5.82 Å². The lowest BCUT2D eigenvalue weighted by atomic mass is 10.0. The van der Waals surface area contributed by atoms with Crippen LogP contribution in [0.5, 0.6) is 0 Å². The van der Waals surface area contributed by atoms with Crippen molar-refractivity contribution in [1.29, 1.82) is 0 Å². The second-order valence-corrected chi connectivity index (χ2v) is 7.17. The van der Waals surface area contributed by atoms with E-state index in [9.17, 15) is 0 Å². The van der Waals surface area contributed by atoms with E-state index in [1.807, 2.05) is 6.07 Å². The van der Waals surface area contributed by atoms with Crippen LogP contribution in [0.3, 0.4) is 0 Å². The van der Waals surface area contributed by atoms with Crippen molar-refractivity contribution in [2.24, 2.45) is 5.92 Å². The van der Waals surface area contributed by atoms with Gasteiger partial charge < -0.3 is 10.2 Å². The van der Waals surface area contributed by atoms with Crippen LogP contribution in [-0.4, -0.2) is 23.1 Å². The Bertz CT molecular complexity index is 704. The Morgan fingerprint density at radius 3 is 2.52 bits per heavy atom. The van der Waals surface area contributed by atoms with Gasteiger partial charge in [0.05, 0.1) is 0 Å². The summed E-state index contributed by atoms with van der Waals surface area (Å²) in [6.07, 6.45) is 4.55. The maximum Gasteiger partial charge on any atom is 0.227 e. The highest BCUT2D eigenvalue weighted by Gasteiger charge is 2.19. The third-order valence-corrected chi connectivity index (χ3v) is 5.03.